The van der Waals surface area contributed by atoms with E-state index in [0.29, 0.717) is 5.75 Å². The number of hydrogen-bond acceptors (Lipinski definition) is 4. The van der Waals surface area contributed by atoms with E-state index in [1.807, 2.05) is 24.5 Å². The Balaban J connectivity index is 0.000000191. The lowest BCUT2D eigenvalue weighted by Crippen LogP contribution is -1.90. The zero-order valence-electron chi connectivity index (χ0n) is 10.1. The lowest BCUT2D eigenvalue weighted by molar-refractivity contribution is -0.387. The molecular weight excluding hydrogens is 269 g/mol. The van der Waals surface area contributed by atoms with Crippen molar-refractivity contribution < 1.29 is 14.4 Å². The van der Waals surface area contributed by atoms with Crippen LogP contribution in [0.2, 0.25) is 0 Å². The predicted molar refractivity (Wildman–Crippen MR) is 72.9 cm³/mol. The molecule has 6 heteroatoms. The molecule has 0 aliphatic heterocycles. The van der Waals surface area contributed by atoms with Crippen LogP contribution in [-0.2, 0) is 0 Å². The summed E-state index contributed by atoms with van der Waals surface area (Å²) in [5.74, 6) is -0.433. The van der Waals surface area contributed by atoms with Crippen molar-refractivity contribution in [1.29, 1.82) is 0 Å². The van der Waals surface area contributed by atoms with Gasteiger partial charge in [-0.15, -0.1) is 11.8 Å². The van der Waals surface area contributed by atoms with Crippen LogP contribution in [0.3, 0.4) is 0 Å². The number of halogens is 1. The van der Waals surface area contributed by atoms with Crippen LogP contribution in [-0.4, -0.2) is 16.3 Å². The lowest BCUT2D eigenvalue weighted by Gasteiger charge is -1.96. The van der Waals surface area contributed by atoms with Crippen molar-refractivity contribution in [2.45, 2.75) is 4.90 Å². The molecule has 0 saturated heterocycles. The molecule has 0 heterocycles. The predicted octanol–water partition coefficient (Wildman–Crippen LogP) is 3.85. The van der Waals surface area contributed by atoms with Gasteiger partial charge in [0.1, 0.15) is 5.75 Å². The first kappa shape index (κ1) is 15.0. The highest BCUT2D eigenvalue weighted by Crippen LogP contribution is 2.24. The highest BCUT2D eigenvalue weighted by Gasteiger charge is 2.10. The Bertz CT molecular complexity index is 563. The molecule has 0 radical (unpaired) electrons. The zero-order valence-corrected chi connectivity index (χ0v) is 10.9. The Morgan fingerprint density at radius 2 is 1.74 bits per heavy atom. The second-order valence-corrected chi connectivity index (χ2v) is 4.23. The summed E-state index contributed by atoms with van der Waals surface area (Å²) in [6.45, 7) is 0. The van der Waals surface area contributed by atoms with Gasteiger partial charge in [0.15, 0.2) is 0 Å². The molecule has 0 bridgehead atoms. The van der Waals surface area contributed by atoms with E-state index in [1.54, 1.807) is 17.8 Å². The van der Waals surface area contributed by atoms with Gasteiger partial charge < -0.3 is 5.11 Å². The molecular formula is C13H12FNO3S. The average Bonchev–Trinajstić information content (AvgIpc) is 2.40. The summed E-state index contributed by atoms with van der Waals surface area (Å²) >= 11 is 1.55. The Labute approximate surface area is 114 Å². The molecule has 2 aromatic carbocycles. The second-order valence-electron chi connectivity index (χ2n) is 3.38. The number of rotatable bonds is 2. The third-order valence-corrected chi connectivity index (χ3v) is 2.92. The number of nitro groups is 1. The van der Waals surface area contributed by atoms with Gasteiger partial charge in [-0.1, -0.05) is 24.3 Å². The number of phenolic OH excluding ortho intramolecular Hbond substituents is 1. The number of phenols is 1. The Hall–Kier alpha value is -2.08. The molecule has 0 aliphatic rings. The van der Waals surface area contributed by atoms with Crippen molar-refractivity contribution in [1.82, 2.24) is 0 Å². The highest BCUT2D eigenvalue weighted by molar-refractivity contribution is 7.98. The van der Waals surface area contributed by atoms with Gasteiger partial charge in [-0.05, 0) is 24.5 Å². The standard InChI is InChI=1S/C7H8OS.C6H4FNO2/c1-9-7-5-3-2-4-6(7)8;7-5-3-1-2-4-6(5)8(9)10/h2-5,8H,1H3;1-4H. The van der Waals surface area contributed by atoms with E-state index in [1.165, 1.54) is 12.1 Å². The molecule has 0 aromatic heterocycles. The van der Waals surface area contributed by atoms with E-state index >= 15 is 0 Å². The summed E-state index contributed by atoms with van der Waals surface area (Å²) in [5.41, 5.74) is -0.484. The van der Waals surface area contributed by atoms with Crippen molar-refractivity contribution in [2.24, 2.45) is 0 Å². The maximum absolute atomic E-state index is 12.4. The number of benzene rings is 2. The number of thioether (sulfide) groups is 1. The summed E-state index contributed by atoms with van der Waals surface area (Å²) in [5, 5.41) is 19.1. The largest absolute Gasteiger partial charge is 0.507 e. The Morgan fingerprint density at radius 3 is 2.16 bits per heavy atom. The molecule has 0 spiro atoms. The average molecular weight is 281 g/mol. The Kier molecular flexibility index (Phi) is 5.81. The topological polar surface area (TPSA) is 63.4 Å². The monoisotopic (exact) mass is 281 g/mol. The van der Waals surface area contributed by atoms with Crippen molar-refractivity contribution in [3.8, 4) is 5.75 Å². The van der Waals surface area contributed by atoms with E-state index in [0.717, 1.165) is 17.0 Å². The first-order chi connectivity index (χ1) is 9.06. The van der Waals surface area contributed by atoms with E-state index in [2.05, 4.69) is 0 Å². The number of nitrogens with zero attached hydrogens (tertiary/aromatic N) is 1. The summed E-state index contributed by atoms with van der Waals surface area (Å²) in [6.07, 6.45) is 1.94. The van der Waals surface area contributed by atoms with Crippen LogP contribution in [0.1, 0.15) is 0 Å². The van der Waals surface area contributed by atoms with Gasteiger partial charge in [-0.3, -0.25) is 10.1 Å². The van der Waals surface area contributed by atoms with E-state index in [-0.39, 0.29) is 0 Å². The molecule has 2 rings (SSSR count). The SMILES string of the molecule is CSc1ccccc1O.O=[N+]([O-])c1ccccc1F. The third-order valence-electron chi connectivity index (χ3n) is 2.13. The van der Waals surface area contributed by atoms with E-state index < -0.39 is 16.4 Å². The fraction of sp³-hybridized carbons (Fsp3) is 0.0769. The van der Waals surface area contributed by atoms with Crippen molar-refractivity contribution >= 4 is 17.4 Å². The third kappa shape index (κ3) is 4.59. The number of para-hydroxylation sites is 2. The number of nitro benzene ring substituents is 1. The van der Waals surface area contributed by atoms with Crippen LogP contribution in [0, 0.1) is 15.9 Å². The molecule has 19 heavy (non-hydrogen) atoms. The van der Waals surface area contributed by atoms with Gasteiger partial charge >= 0.3 is 5.69 Å². The molecule has 0 atom stereocenters. The number of aromatic hydroxyl groups is 1. The molecule has 4 nitrogen and oxygen atoms in total. The van der Waals surface area contributed by atoms with Crippen LogP contribution in [0.5, 0.6) is 5.75 Å². The molecule has 0 unspecified atom stereocenters. The quantitative estimate of drug-likeness (QED) is 0.516. The summed E-state index contributed by atoms with van der Waals surface area (Å²) < 4.78 is 12.4. The smallest absolute Gasteiger partial charge is 0.304 e. The summed E-state index contributed by atoms with van der Waals surface area (Å²) in [7, 11) is 0. The Morgan fingerprint density at radius 1 is 1.16 bits per heavy atom. The minimum atomic E-state index is -0.799. The maximum Gasteiger partial charge on any atom is 0.304 e. The van der Waals surface area contributed by atoms with Crippen LogP contribution in [0.4, 0.5) is 10.1 Å². The maximum atomic E-state index is 12.4. The lowest BCUT2D eigenvalue weighted by atomic mass is 10.3. The summed E-state index contributed by atoms with van der Waals surface area (Å²) in [6, 6.07) is 12.3. The molecule has 2 aromatic rings. The fourth-order valence-electron chi connectivity index (χ4n) is 1.23. The second kappa shape index (κ2) is 7.38. The van der Waals surface area contributed by atoms with Crippen LogP contribution < -0.4 is 0 Å². The highest BCUT2D eigenvalue weighted by atomic mass is 32.2. The fourth-order valence-corrected chi connectivity index (χ4v) is 1.72. The van der Waals surface area contributed by atoms with Gasteiger partial charge in [-0.25, -0.2) is 0 Å². The molecule has 1 N–H and O–H groups in total. The van der Waals surface area contributed by atoms with Gasteiger partial charge in [0.25, 0.3) is 0 Å². The molecule has 0 saturated carbocycles. The van der Waals surface area contributed by atoms with Crippen LogP contribution >= 0.6 is 11.8 Å². The van der Waals surface area contributed by atoms with Gasteiger partial charge in [-0.2, -0.15) is 4.39 Å². The first-order valence-corrected chi connectivity index (χ1v) is 6.49. The van der Waals surface area contributed by atoms with Crippen molar-refractivity contribution in [2.75, 3.05) is 6.26 Å². The molecule has 0 aliphatic carbocycles. The van der Waals surface area contributed by atoms with Crippen LogP contribution in [0.25, 0.3) is 0 Å². The van der Waals surface area contributed by atoms with Crippen molar-refractivity contribution in [3.05, 3.63) is 64.5 Å². The van der Waals surface area contributed by atoms with Gasteiger partial charge in [0, 0.05) is 11.0 Å². The van der Waals surface area contributed by atoms with Crippen LogP contribution in [0.15, 0.2) is 53.4 Å². The molecule has 0 amide bonds. The molecule has 100 valence electrons. The van der Waals surface area contributed by atoms with Gasteiger partial charge in [0.05, 0.1) is 4.92 Å². The van der Waals surface area contributed by atoms with E-state index in [9.17, 15) is 14.5 Å². The zero-order chi connectivity index (χ0) is 14.3. The normalized spacial score (nSPS) is 9.37. The first-order valence-electron chi connectivity index (χ1n) is 5.27. The minimum Gasteiger partial charge on any atom is -0.507 e. The summed E-state index contributed by atoms with van der Waals surface area (Å²) in [4.78, 5) is 10.2. The van der Waals surface area contributed by atoms with E-state index in [4.69, 9.17) is 5.11 Å². The minimum absolute atomic E-state index is 0.366. The number of hydrogen-bond donors (Lipinski definition) is 1. The van der Waals surface area contributed by atoms with Gasteiger partial charge in [0.2, 0.25) is 5.82 Å². The van der Waals surface area contributed by atoms with Crippen molar-refractivity contribution in [3.63, 3.8) is 0 Å². The molecule has 0 fully saturated rings.